The van der Waals surface area contributed by atoms with Gasteiger partial charge < -0.3 is 5.32 Å². The molecule has 0 bridgehead atoms. The smallest absolute Gasteiger partial charge is 0.237 e. The molecule has 1 heterocycles. The summed E-state index contributed by atoms with van der Waals surface area (Å²) in [5, 5.41) is 11.3. The van der Waals surface area contributed by atoms with Crippen LogP contribution in [-0.4, -0.2) is 32.4 Å². The lowest BCUT2D eigenvalue weighted by molar-refractivity contribution is -0.123. The third-order valence-electron chi connectivity index (χ3n) is 2.77. The van der Waals surface area contributed by atoms with Crippen LogP contribution in [-0.2, 0) is 14.6 Å². The van der Waals surface area contributed by atoms with E-state index in [-0.39, 0.29) is 23.3 Å². The van der Waals surface area contributed by atoms with E-state index < -0.39 is 15.8 Å². The first-order chi connectivity index (χ1) is 7.48. The number of hydrogen-bond acceptors (Lipinski definition) is 4. The number of nitrogens with zero attached hydrogens (tertiary/aromatic N) is 1. The number of nitriles is 1. The minimum absolute atomic E-state index is 0.00477. The van der Waals surface area contributed by atoms with Crippen molar-refractivity contribution in [2.75, 3.05) is 18.1 Å². The van der Waals surface area contributed by atoms with Gasteiger partial charge in [-0.05, 0) is 18.8 Å². The van der Waals surface area contributed by atoms with Crippen molar-refractivity contribution < 1.29 is 13.2 Å². The monoisotopic (exact) mass is 244 g/mol. The Labute approximate surface area is 95.7 Å². The molecule has 6 heteroatoms. The molecule has 2 unspecified atom stereocenters. The Bertz CT molecular complexity index is 397. The summed E-state index contributed by atoms with van der Waals surface area (Å²) in [5.74, 6) is -0.558. The number of carbonyl (C=O) groups excluding carboxylic acids is 1. The van der Waals surface area contributed by atoms with Gasteiger partial charge in [0.25, 0.3) is 0 Å². The van der Waals surface area contributed by atoms with E-state index in [1.165, 1.54) is 0 Å². The van der Waals surface area contributed by atoms with Crippen molar-refractivity contribution >= 4 is 15.7 Å². The maximum absolute atomic E-state index is 11.4. The zero-order valence-corrected chi connectivity index (χ0v) is 10.1. The predicted molar refractivity (Wildman–Crippen MR) is 59.2 cm³/mol. The molecule has 0 aromatic rings. The largest absolute Gasteiger partial charge is 0.355 e. The van der Waals surface area contributed by atoms with Crippen LogP contribution < -0.4 is 5.32 Å². The third-order valence-corrected chi connectivity index (χ3v) is 4.61. The first-order valence-electron chi connectivity index (χ1n) is 5.36. The van der Waals surface area contributed by atoms with Crippen LogP contribution in [0.15, 0.2) is 0 Å². The number of nitrogens with one attached hydrogen (secondary N) is 1. The number of hydrogen-bond donors (Lipinski definition) is 1. The molecule has 5 nitrogen and oxygen atoms in total. The number of sulfone groups is 1. The molecule has 1 N–H and O–H groups in total. The van der Waals surface area contributed by atoms with Gasteiger partial charge in [0.05, 0.1) is 17.6 Å². The molecule has 0 radical (unpaired) electrons. The van der Waals surface area contributed by atoms with Crippen LogP contribution in [0.1, 0.15) is 19.8 Å². The van der Waals surface area contributed by atoms with Gasteiger partial charge in [-0.2, -0.15) is 5.26 Å². The molecule has 0 saturated carbocycles. The Hall–Kier alpha value is -1.09. The van der Waals surface area contributed by atoms with Gasteiger partial charge in [0, 0.05) is 6.54 Å². The van der Waals surface area contributed by atoms with Crippen molar-refractivity contribution in [1.82, 2.24) is 5.32 Å². The van der Waals surface area contributed by atoms with Crippen molar-refractivity contribution in [3.8, 4) is 6.07 Å². The van der Waals surface area contributed by atoms with Gasteiger partial charge in [-0.15, -0.1) is 0 Å². The molecular weight excluding hydrogens is 228 g/mol. The van der Waals surface area contributed by atoms with Crippen LogP contribution >= 0.6 is 0 Å². The average Bonchev–Trinajstić information content (AvgIpc) is 2.57. The van der Waals surface area contributed by atoms with Gasteiger partial charge >= 0.3 is 0 Å². The number of carbonyl (C=O) groups is 1. The van der Waals surface area contributed by atoms with E-state index >= 15 is 0 Å². The van der Waals surface area contributed by atoms with E-state index in [0.717, 1.165) is 0 Å². The van der Waals surface area contributed by atoms with Crippen LogP contribution in [0.4, 0.5) is 0 Å². The fourth-order valence-electron chi connectivity index (χ4n) is 1.74. The Morgan fingerprint density at radius 1 is 1.62 bits per heavy atom. The molecule has 1 rings (SSSR count). The lowest BCUT2D eigenvalue weighted by Crippen LogP contribution is -2.34. The highest BCUT2D eigenvalue weighted by molar-refractivity contribution is 7.91. The highest BCUT2D eigenvalue weighted by Gasteiger charge is 2.28. The maximum Gasteiger partial charge on any atom is 0.237 e. The van der Waals surface area contributed by atoms with E-state index in [2.05, 4.69) is 5.32 Å². The first-order valence-corrected chi connectivity index (χ1v) is 7.18. The van der Waals surface area contributed by atoms with Gasteiger partial charge in [-0.1, -0.05) is 6.92 Å². The van der Waals surface area contributed by atoms with Crippen LogP contribution in [0.5, 0.6) is 0 Å². The van der Waals surface area contributed by atoms with E-state index in [4.69, 9.17) is 5.26 Å². The van der Waals surface area contributed by atoms with Crippen LogP contribution in [0.2, 0.25) is 0 Å². The fourth-order valence-corrected chi connectivity index (χ4v) is 3.60. The zero-order chi connectivity index (χ0) is 12.2. The summed E-state index contributed by atoms with van der Waals surface area (Å²) < 4.78 is 22.3. The lowest BCUT2D eigenvalue weighted by Gasteiger charge is -2.11. The minimum atomic E-state index is -2.89. The van der Waals surface area contributed by atoms with Crippen LogP contribution in [0, 0.1) is 23.2 Å². The molecule has 0 aliphatic carbocycles. The van der Waals surface area contributed by atoms with E-state index in [1.807, 2.05) is 6.07 Å². The maximum atomic E-state index is 11.4. The molecule has 0 spiro atoms. The van der Waals surface area contributed by atoms with Gasteiger partial charge in [0.1, 0.15) is 5.92 Å². The van der Waals surface area contributed by atoms with Crippen molar-refractivity contribution in [2.24, 2.45) is 11.8 Å². The van der Waals surface area contributed by atoms with Crippen LogP contribution in [0.25, 0.3) is 0 Å². The van der Waals surface area contributed by atoms with Crippen molar-refractivity contribution in [2.45, 2.75) is 19.8 Å². The molecule has 1 amide bonds. The molecular formula is C10H16N2O3S. The Kier molecular flexibility index (Phi) is 4.30. The highest BCUT2D eigenvalue weighted by atomic mass is 32.2. The summed E-state index contributed by atoms with van der Waals surface area (Å²) in [5.41, 5.74) is 0. The van der Waals surface area contributed by atoms with Gasteiger partial charge in [0.15, 0.2) is 9.84 Å². The Balaban J connectivity index is 2.37. The highest BCUT2D eigenvalue weighted by Crippen LogP contribution is 2.17. The van der Waals surface area contributed by atoms with Gasteiger partial charge in [-0.3, -0.25) is 4.79 Å². The molecule has 0 aromatic carbocycles. The summed E-state index contributed by atoms with van der Waals surface area (Å²) in [6.07, 6.45) is 1.08. The Morgan fingerprint density at radius 3 is 2.75 bits per heavy atom. The molecule has 1 aliphatic rings. The van der Waals surface area contributed by atoms with E-state index in [0.29, 0.717) is 19.4 Å². The second-order valence-corrected chi connectivity index (χ2v) is 6.33. The molecule has 16 heavy (non-hydrogen) atoms. The van der Waals surface area contributed by atoms with Crippen molar-refractivity contribution in [3.05, 3.63) is 0 Å². The molecule has 1 aliphatic heterocycles. The predicted octanol–water partition coefficient (Wildman–Crippen LogP) is 0.0871. The topological polar surface area (TPSA) is 87.0 Å². The number of amides is 1. The standard InChI is InChI=1S/C10H16N2O3S/c1-2-9(5-11)10(13)12-6-8-3-4-16(14,15)7-8/h8-9H,2-4,6-7H2,1H3,(H,12,13). The summed E-state index contributed by atoms with van der Waals surface area (Å²) in [6, 6.07) is 1.91. The number of rotatable bonds is 4. The van der Waals surface area contributed by atoms with Crippen molar-refractivity contribution in [3.63, 3.8) is 0 Å². The molecule has 2 atom stereocenters. The van der Waals surface area contributed by atoms with E-state index in [9.17, 15) is 13.2 Å². The summed E-state index contributed by atoms with van der Waals surface area (Å²) in [6.45, 7) is 2.13. The lowest BCUT2D eigenvalue weighted by atomic mass is 10.1. The second-order valence-electron chi connectivity index (χ2n) is 4.10. The Morgan fingerprint density at radius 2 is 2.31 bits per heavy atom. The SMILES string of the molecule is CCC(C#N)C(=O)NCC1CCS(=O)(=O)C1. The van der Waals surface area contributed by atoms with Crippen LogP contribution in [0.3, 0.4) is 0 Å². The molecule has 1 fully saturated rings. The average molecular weight is 244 g/mol. The molecule has 0 aromatic heterocycles. The summed E-state index contributed by atoms with van der Waals surface area (Å²) in [7, 11) is -2.89. The normalized spacial score (nSPS) is 24.6. The van der Waals surface area contributed by atoms with E-state index in [1.54, 1.807) is 6.92 Å². The summed E-state index contributed by atoms with van der Waals surface area (Å²) >= 11 is 0. The molecule has 1 saturated heterocycles. The van der Waals surface area contributed by atoms with Gasteiger partial charge in [0.2, 0.25) is 5.91 Å². The second kappa shape index (κ2) is 5.30. The van der Waals surface area contributed by atoms with Gasteiger partial charge in [-0.25, -0.2) is 8.42 Å². The summed E-state index contributed by atoms with van der Waals surface area (Å²) in [4.78, 5) is 11.4. The third kappa shape index (κ3) is 3.49. The first kappa shape index (κ1) is 13.0. The molecule has 90 valence electrons. The van der Waals surface area contributed by atoms with Crippen molar-refractivity contribution in [1.29, 1.82) is 5.26 Å². The fraction of sp³-hybridized carbons (Fsp3) is 0.800. The quantitative estimate of drug-likeness (QED) is 0.759. The minimum Gasteiger partial charge on any atom is -0.355 e. The zero-order valence-electron chi connectivity index (χ0n) is 9.27.